The van der Waals surface area contributed by atoms with Crippen molar-refractivity contribution in [2.24, 2.45) is 0 Å². The summed E-state index contributed by atoms with van der Waals surface area (Å²) in [5.41, 5.74) is 0.439. The van der Waals surface area contributed by atoms with Crippen molar-refractivity contribution in [2.45, 2.75) is 44.8 Å². The summed E-state index contributed by atoms with van der Waals surface area (Å²) in [4.78, 5) is 0. The minimum Gasteiger partial charge on any atom is -0.494 e. The second-order valence-corrected chi connectivity index (χ2v) is 5.02. The van der Waals surface area contributed by atoms with E-state index in [0.717, 1.165) is 37.2 Å². The van der Waals surface area contributed by atoms with Gasteiger partial charge < -0.3 is 14.6 Å². The van der Waals surface area contributed by atoms with E-state index in [1.54, 1.807) is 0 Å². The monoisotopic (exact) mass is 250 g/mol. The van der Waals surface area contributed by atoms with Crippen LogP contribution in [0.2, 0.25) is 0 Å². The second kappa shape index (κ2) is 5.72. The summed E-state index contributed by atoms with van der Waals surface area (Å²) in [6, 6.07) is 7.63. The topological polar surface area (TPSA) is 38.7 Å². The van der Waals surface area contributed by atoms with Crippen LogP contribution >= 0.6 is 0 Å². The molecule has 1 aliphatic heterocycles. The molecule has 3 heteroatoms. The summed E-state index contributed by atoms with van der Waals surface area (Å²) >= 11 is 0. The maximum atomic E-state index is 10.5. The largest absolute Gasteiger partial charge is 0.494 e. The van der Waals surface area contributed by atoms with Crippen molar-refractivity contribution in [3.05, 3.63) is 29.8 Å². The fourth-order valence-electron chi connectivity index (χ4n) is 2.44. The lowest BCUT2D eigenvalue weighted by molar-refractivity contribution is -0.138. The fourth-order valence-corrected chi connectivity index (χ4v) is 2.44. The van der Waals surface area contributed by atoms with Crippen LogP contribution in [-0.2, 0) is 4.74 Å². The van der Waals surface area contributed by atoms with Crippen molar-refractivity contribution < 1.29 is 14.6 Å². The lowest BCUT2D eigenvalue weighted by atomic mass is 9.86. The van der Waals surface area contributed by atoms with Gasteiger partial charge in [0, 0.05) is 6.61 Å². The Hall–Kier alpha value is -1.06. The molecule has 3 nitrogen and oxygen atoms in total. The zero-order valence-corrected chi connectivity index (χ0v) is 11.2. The van der Waals surface area contributed by atoms with Gasteiger partial charge in [0.1, 0.15) is 11.9 Å². The number of aliphatic hydroxyl groups is 1. The SMILES string of the molecule is CCOc1ccc(C(O)C2(C)CCCCO2)cc1. The molecule has 0 aromatic heterocycles. The van der Waals surface area contributed by atoms with Crippen molar-refractivity contribution in [1.29, 1.82) is 0 Å². The predicted molar refractivity (Wildman–Crippen MR) is 70.8 cm³/mol. The first kappa shape index (κ1) is 13.4. The molecule has 1 fully saturated rings. The lowest BCUT2D eigenvalue weighted by Crippen LogP contribution is -2.39. The minimum atomic E-state index is -0.575. The Balaban J connectivity index is 2.09. The first-order valence-corrected chi connectivity index (χ1v) is 6.70. The summed E-state index contributed by atoms with van der Waals surface area (Å²) in [6.45, 7) is 5.35. The van der Waals surface area contributed by atoms with Gasteiger partial charge in [0.2, 0.25) is 0 Å². The van der Waals surface area contributed by atoms with Crippen molar-refractivity contribution >= 4 is 0 Å². The van der Waals surface area contributed by atoms with Crippen LogP contribution < -0.4 is 4.74 Å². The van der Waals surface area contributed by atoms with Crippen LogP contribution in [0.5, 0.6) is 5.75 Å². The quantitative estimate of drug-likeness (QED) is 0.892. The molecule has 0 radical (unpaired) electrons. The molecule has 18 heavy (non-hydrogen) atoms. The van der Waals surface area contributed by atoms with Crippen LogP contribution in [-0.4, -0.2) is 23.9 Å². The molecule has 0 spiro atoms. The van der Waals surface area contributed by atoms with E-state index >= 15 is 0 Å². The molecule has 1 aromatic rings. The van der Waals surface area contributed by atoms with E-state index in [4.69, 9.17) is 9.47 Å². The van der Waals surface area contributed by atoms with Gasteiger partial charge in [-0.05, 0) is 50.8 Å². The Morgan fingerprint density at radius 2 is 2.06 bits per heavy atom. The molecule has 1 heterocycles. The van der Waals surface area contributed by atoms with Gasteiger partial charge in [-0.2, -0.15) is 0 Å². The smallest absolute Gasteiger partial charge is 0.119 e. The summed E-state index contributed by atoms with van der Waals surface area (Å²) in [7, 11) is 0. The number of hydrogen-bond donors (Lipinski definition) is 1. The lowest BCUT2D eigenvalue weighted by Gasteiger charge is -2.38. The van der Waals surface area contributed by atoms with Crippen molar-refractivity contribution in [2.75, 3.05) is 13.2 Å². The number of aliphatic hydroxyl groups excluding tert-OH is 1. The highest BCUT2D eigenvalue weighted by Gasteiger charge is 2.36. The van der Waals surface area contributed by atoms with Gasteiger partial charge in [-0.3, -0.25) is 0 Å². The molecule has 0 saturated carbocycles. The van der Waals surface area contributed by atoms with Crippen LogP contribution in [0.3, 0.4) is 0 Å². The van der Waals surface area contributed by atoms with Crippen LogP contribution in [0.15, 0.2) is 24.3 Å². The Morgan fingerprint density at radius 3 is 2.61 bits per heavy atom. The second-order valence-electron chi connectivity index (χ2n) is 5.02. The van der Waals surface area contributed by atoms with E-state index in [2.05, 4.69) is 0 Å². The first-order valence-electron chi connectivity index (χ1n) is 6.70. The highest BCUT2D eigenvalue weighted by molar-refractivity contribution is 5.29. The maximum absolute atomic E-state index is 10.5. The highest BCUT2D eigenvalue weighted by Crippen LogP contribution is 2.36. The van der Waals surface area contributed by atoms with Gasteiger partial charge in [0.15, 0.2) is 0 Å². The minimum absolute atomic E-state index is 0.453. The summed E-state index contributed by atoms with van der Waals surface area (Å²) in [5, 5.41) is 10.5. The fraction of sp³-hybridized carbons (Fsp3) is 0.600. The Kier molecular flexibility index (Phi) is 4.25. The Morgan fingerprint density at radius 1 is 1.33 bits per heavy atom. The molecule has 2 unspecified atom stereocenters. The number of hydrogen-bond acceptors (Lipinski definition) is 3. The van der Waals surface area contributed by atoms with Gasteiger partial charge in [-0.1, -0.05) is 12.1 Å². The molecule has 2 atom stereocenters. The van der Waals surface area contributed by atoms with Gasteiger partial charge >= 0.3 is 0 Å². The Labute approximate surface area is 109 Å². The summed E-state index contributed by atoms with van der Waals surface area (Å²) in [6.07, 6.45) is 2.53. The molecule has 1 aliphatic rings. The average molecular weight is 250 g/mol. The number of benzene rings is 1. The maximum Gasteiger partial charge on any atom is 0.119 e. The van der Waals surface area contributed by atoms with E-state index in [1.165, 1.54) is 0 Å². The molecule has 0 amide bonds. The summed E-state index contributed by atoms with van der Waals surface area (Å²) < 4.78 is 11.2. The number of rotatable bonds is 4. The van der Waals surface area contributed by atoms with E-state index in [1.807, 2.05) is 38.1 Å². The predicted octanol–water partition coefficient (Wildman–Crippen LogP) is 3.08. The third-order valence-corrected chi connectivity index (χ3v) is 3.58. The van der Waals surface area contributed by atoms with Gasteiger partial charge in [0.05, 0.1) is 12.2 Å². The molecule has 100 valence electrons. The molecule has 0 bridgehead atoms. The van der Waals surface area contributed by atoms with Crippen molar-refractivity contribution in [3.63, 3.8) is 0 Å². The number of ether oxygens (including phenoxy) is 2. The molecular formula is C15H22O3. The molecular weight excluding hydrogens is 228 g/mol. The molecule has 1 saturated heterocycles. The van der Waals surface area contributed by atoms with E-state index in [9.17, 15) is 5.11 Å². The molecule has 2 rings (SSSR count). The summed E-state index contributed by atoms with van der Waals surface area (Å²) in [5.74, 6) is 0.836. The average Bonchev–Trinajstić information content (AvgIpc) is 2.40. The van der Waals surface area contributed by atoms with Crippen LogP contribution in [0.25, 0.3) is 0 Å². The normalized spacial score (nSPS) is 25.7. The van der Waals surface area contributed by atoms with Crippen molar-refractivity contribution in [3.8, 4) is 5.75 Å². The van der Waals surface area contributed by atoms with E-state index in [0.29, 0.717) is 6.61 Å². The standard InChI is InChI=1S/C15H22O3/c1-3-17-13-8-6-12(7-9-13)14(16)15(2)10-4-5-11-18-15/h6-9,14,16H,3-5,10-11H2,1-2H3. The molecule has 1 aromatic carbocycles. The Bertz CT molecular complexity index is 366. The van der Waals surface area contributed by atoms with Crippen LogP contribution in [0.4, 0.5) is 0 Å². The molecule has 1 N–H and O–H groups in total. The van der Waals surface area contributed by atoms with Crippen LogP contribution in [0, 0.1) is 0 Å². The van der Waals surface area contributed by atoms with Crippen molar-refractivity contribution in [1.82, 2.24) is 0 Å². The van der Waals surface area contributed by atoms with E-state index < -0.39 is 11.7 Å². The van der Waals surface area contributed by atoms with Crippen LogP contribution in [0.1, 0.15) is 44.8 Å². The third kappa shape index (κ3) is 2.85. The van der Waals surface area contributed by atoms with Gasteiger partial charge in [-0.15, -0.1) is 0 Å². The first-order chi connectivity index (χ1) is 8.65. The third-order valence-electron chi connectivity index (χ3n) is 3.58. The zero-order valence-electron chi connectivity index (χ0n) is 11.2. The van der Waals surface area contributed by atoms with E-state index in [-0.39, 0.29) is 0 Å². The molecule has 0 aliphatic carbocycles. The van der Waals surface area contributed by atoms with Gasteiger partial charge in [-0.25, -0.2) is 0 Å². The highest BCUT2D eigenvalue weighted by atomic mass is 16.5. The zero-order chi connectivity index (χ0) is 13.0. The van der Waals surface area contributed by atoms with Gasteiger partial charge in [0.25, 0.3) is 0 Å².